The lowest BCUT2D eigenvalue weighted by molar-refractivity contribution is 0.1000. The molecule has 326 valence electrons. The monoisotopic (exact) mass is 899 g/mol. The number of aryl methyl sites for hydroxylation is 1. The number of anilines is 2. The van der Waals surface area contributed by atoms with Crippen molar-refractivity contribution in [2.75, 3.05) is 15.7 Å². The molecule has 1 amide bonds. The van der Waals surface area contributed by atoms with Gasteiger partial charge in [-0.15, -0.1) is 0 Å². The Morgan fingerprint density at radius 3 is 1.32 bits per heavy atom. The molecule has 0 aromatic heterocycles. The van der Waals surface area contributed by atoms with Gasteiger partial charge >= 0.3 is 21.4 Å². The summed E-state index contributed by atoms with van der Waals surface area (Å²) in [5, 5.41) is 54.6. The highest BCUT2D eigenvalue weighted by molar-refractivity contribution is 7.93. The van der Waals surface area contributed by atoms with Crippen LogP contribution in [0.4, 0.5) is 20.2 Å². The number of hydrogen-bond donors (Lipinski definition) is 9. The van der Waals surface area contributed by atoms with E-state index in [1.807, 2.05) is 13.0 Å². The molecule has 6 aromatic rings. The second-order valence-electron chi connectivity index (χ2n) is 14.5. The van der Waals surface area contributed by atoms with Crippen LogP contribution >= 0.6 is 0 Å². The fourth-order valence-corrected chi connectivity index (χ4v) is 8.00. The van der Waals surface area contributed by atoms with E-state index in [1.54, 1.807) is 72.8 Å². The van der Waals surface area contributed by atoms with Crippen LogP contribution in [0, 0.1) is 18.6 Å². The van der Waals surface area contributed by atoms with Gasteiger partial charge in [-0.25, -0.2) is 25.6 Å². The Morgan fingerprint density at radius 1 is 0.571 bits per heavy atom. The molecule has 7 rings (SSSR count). The van der Waals surface area contributed by atoms with Crippen LogP contribution < -0.4 is 31.6 Å². The van der Waals surface area contributed by atoms with Crippen molar-refractivity contribution in [2.45, 2.75) is 25.0 Å². The van der Waals surface area contributed by atoms with Gasteiger partial charge in [0.2, 0.25) is 26.0 Å². The Bertz CT molecular complexity index is 2780. The van der Waals surface area contributed by atoms with E-state index in [9.17, 15) is 50.5 Å². The van der Waals surface area contributed by atoms with Crippen molar-refractivity contribution in [1.82, 2.24) is 0 Å². The molecule has 0 spiro atoms. The normalized spacial score (nSPS) is 12.2. The number of carbonyl (C=O) groups is 1. The first-order valence-corrected chi connectivity index (χ1v) is 22.4. The number of nitrogens with one attached hydrogen (secondary N) is 2. The molecule has 1 saturated carbocycles. The number of primary amides is 1. The third-order valence-corrected chi connectivity index (χ3v) is 12.0. The van der Waals surface area contributed by atoms with E-state index in [0.29, 0.717) is 46.4 Å². The summed E-state index contributed by atoms with van der Waals surface area (Å²) < 4.78 is 78.5. The molecule has 0 unspecified atom stereocenters. The van der Waals surface area contributed by atoms with Gasteiger partial charge in [-0.1, -0.05) is 78.9 Å². The highest BCUT2D eigenvalue weighted by Gasteiger charge is 2.35. The number of nitrogens with two attached hydrogens (primary N) is 1. The van der Waals surface area contributed by atoms with Gasteiger partial charge < -0.3 is 35.9 Å². The summed E-state index contributed by atoms with van der Waals surface area (Å²) in [4.78, 5) is 11.0. The maximum absolute atomic E-state index is 13.9. The zero-order chi connectivity index (χ0) is 46.2. The quantitative estimate of drug-likeness (QED) is 0.0804. The molecule has 10 N–H and O–H groups in total. The van der Waals surface area contributed by atoms with Crippen LogP contribution in [0.25, 0.3) is 33.4 Å². The first-order chi connectivity index (χ1) is 29.6. The van der Waals surface area contributed by atoms with Crippen LogP contribution in [-0.2, 0) is 20.0 Å². The Balaban J connectivity index is 0.000000179. The van der Waals surface area contributed by atoms with Crippen molar-refractivity contribution < 1.29 is 60.6 Å². The van der Waals surface area contributed by atoms with Gasteiger partial charge in [0.05, 0.1) is 11.5 Å². The zero-order valence-corrected chi connectivity index (χ0v) is 35.4. The molecular formula is C42H42B3F2N3O11S2. The summed E-state index contributed by atoms with van der Waals surface area (Å²) in [7, 11) is -11.6. The smallest absolute Gasteiger partial charge is 0.423 e. The van der Waals surface area contributed by atoms with Crippen molar-refractivity contribution >= 4 is 75.1 Å². The second kappa shape index (κ2) is 20.5. The number of sulfonamides is 2. The Hall–Kier alpha value is -5.90. The Kier molecular flexibility index (Phi) is 15.7. The van der Waals surface area contributed by atoms with E-state index in [2.05, 4.69) is 9.44 Å². The van der Waals surface area contributed by atoms with Gasteiger partial charge in [0, 0.05) is 28.1 Å². The molecular weight excluding hydrogens is 857 g/mol. The summed E-state index contributed by atoms with van der Waals surface area (Å²) in [5.41, 5.74) is 11.4. The van der Waals surface area contributed by atoms with E-state index >= 15 is 0 Å². The van der Waals surface area contributed by atoms with Gasteiger partial charge in [0.1, 0.15) is 11.6 Å². The van der Waals surface area contributed by atoms with Gasteiger partial charge in [0.15, 0.2) is 0 Å². The molecule has 63 heavy (non-hydrogen) atoms. The molecule has 0 radical (unpaired) electrons. The van der Waals surface area contributed by atoms with E-state index < -0.39 is 58.9 Å². The van der Waals surface area contributed by atoms with E-state index in [-0.39, 0.29) is 27.3 Å². The molecule has 0 aliphatic heterocycles. The first-order valence-electron chi connectivity index (χ1n) is 19.0. The summed E-state index contributed by atoms with van der Waals surface area (Å²) in [6.07, 6.45) is 2.39. The van der Waals surface area contributed by atoms with Crippen LogP contribution in [-0.4, -0.2) is 85.7 Å². The molecule has 1 aliphatic carbocycles. The van der Waals surface area contributed by atoms with Crippen molar-refractivity contribution in [3.8, 4) is 33.4 Å². The lowest BCUT2D eigenvalue weighted by Gasteiger charge is -2.09. The van der Waals surface area contributed by atoms with E-state index in [0.717, 1.165) is 35.1 Å². The minimum atomic E-state index is -3.37. The summed E-state index contributed by atoms with van der Waals surface area (Å²) in [6, 6.07) is 32.0. The fraction of sp³-hybridized carbons (Fsp3) is 0.119. The molecule has 0 heterocycles. The van der Waals surface area contributed by atoms with Crippen molar-refractivity contribution in [3.63, 3.8) is 0 Å². The molecule has 14 nitrogen and oxygen atoms in total. The summed E-state index contributed by atoms with van der Waals surface area (Å²) in [6.45, 7) is 1.94. The third-order valence-electron chi connectivity index (χ3n) is 9.54. The Labute approximate surface area is 364 Å². The van der Waals surface area contributed by atoms with Crippen LogP contribution in [0.2, 0.25) is 0 Å². The predicted molar refractivity (Wildman–Crippen MR) is 242 cm³/mol. The number of halogens is 2. The predicted octanol–water partition coefficient (Wildman–Crippen LogP) is 2.06. The molecule has 1 fully saturated rings. The number of rotatable bonds is 12. The summed E-state index contributed by atoms with van der Waals surface area (Å²) >= 11 is 0. The third kappa shape index (κ3) is 13.5. The van der Waals surface area contributed by atoms with Gasteiger partial charge in [-0.3, -0.25) is 14.2 Å². The average Bonchev–Trinajstić information content (AvgIpc) is 4.09. The van der Waals surface area contributed by atoms with Crippen molar-refractivity contribution in [1.29, 1.82) is 0 Å². The maximum Gasteiger partial charge on any atom is 0.488 e. The standard InChI is InChI=1S/C15H15BFNO4S.C14H14BNO3.C13H13BFNO4S/c17-15-8-3-11(16(19)20)9-14(15)10-1-4-12(5-2-10)18-23(21,22)13-6-7-13;1-9-2-7-12(15(18)19)8-13(9)10-3-5-11(6-4-10)14(16)17;1-21(19,20)16-11-5-2-9(3-6-11)12-8-10(14(17)18)4-7-13(12)15/h1-5,8-9,13,18-20H,6-7H2;2-8,18-19H,1H3,(H2,16,17);2-8,16-18H,1H3. The van der Waals surface area contributed by atoms with Crippen LogP contribution in [0.3, 0.4) is 0 Å². The largest absolute Gasteiger partial charge is 0.488 e. The van der Waals surface area contributed by atoms with Crippen molar-refractivity contribution in [3.05, 3.63) is 150 Å². The molecule has 1 aliphatic rings. The lowest BCUT2D eigenvalue weighted by Crippen LogP contribution is -2.29. The molecule has 0 saturated heterocycles. The van der Waals surface area contributed by atoms with Gasteiger partial charge in [0.25, 0.3) is 0 Å². The van der Waals surface area contributed by atoms with Gasteiger partial charge in [-0.2, -0.15) is 0 Å². The minimum Gasteiger partial charge on any atom is -0.423 e. The van der Waals surface area contributed by atoms with E-state index in [4.69, 9.17) is 15.8 Å². The molecule has 21 heteroatoms. The number of benzene rings is 6. The topological polar surface area (TPSA) is 257 Å². The molecule has 6 aromatic carbocycles. The highest BCUT2D eigenvalue weighted by atomic mass is 32.2. The maximum atomic E-state index is 13.9. The van der Waals surface area contributed by atoms with Crippen LogP contribution in [0.5, 0.6) is 0 Å². The summed E-state index contributed by atoms with van der Waals surface area (Å²) in [5.74, 6) is -1.48. The second-order valence-corrected chi connectivity index (χ2v) is 18.2. The highest BCUT2D eigenvalue weighted by Crippen LogP contribution is 2.31. The van der Waals surface area contributed by atoms with Crippen LogP contribution in [0.15, 0.2) is 127 Å². The average molecular weight is 899 g/mol. The zero-order valence-electron chi connectivity index (χ0n) is 33.7. The number of carbonyl (C=O) groups excluding carboxylic acids is 1. The minimum absolute atomic E-state index is 0.171. The fourth-order valence-electron chi connectivity index (χ4n) is 6.05. The number of hydrogen-bond acceptors (Lipinski definition) is 11. The SMILES string of the molecule is CS(=O)(=O)Nc1ccc(-c2cc(B(O)O)ccc2F)cc1.Cc1ccc(B(O)O)cc1-c1ccc(C(N)=O)cc1.O=S(=O)(Nc1ccc(-c2cc(B(O)O)ccc2F)cc1)C1CC1. The van der Waals surface area contributed by atoms with Crippen molar-refractivity contribution in [2.24, 2.45) is 5.73 Å². The van der Waals surface area contributed by atoms with Crippen LogP contribution in [0.1, 0.15) is 28.8 Å². The Morgan fingerprint density at radius 2 is 0.937 bits per heavy atom. The van der Waals surface area contributed by atoms with E-state index in [1.165, 1.54) is 36.4 Å². The lowest BCUT2D eigenvalue weighted by atomic mass is 9.78. The first kappa shape index (κ1) is 48.1. The molecule has 0 bridgehead atoms. The number of amides is 1. The molecule has 0 atom stereocenters. The van der Waals surface area contributed by atoms with Gasteiger partial charge in [-0.05, 0) is 113 Å².